The van der Waals surface area contributed by atoms with Gasteiger partial charge in [-0.15, -0.1) is 0 Å². The molecule has 6 aromatic rings. The van der Waals surface area contributed by atoms with Crippen molar-refractivity contribution in [3.63, 3.8) is 0 Å². The lowest BCUT2D eigenvalue weighted by Gasteiger charge is -2.14. The first-order valence-corrected chi connectivity index (χ1v) is 14.6. The number of imidazole rings is 1. The number of amides is 2. The van der Waals surface area contributed by atoms with E-state index in [1.807, 2.05) is 48.7 Å². The van der Waals surface area contributed by atoms with Gasteiger partial charge < -0.3 is 15.2 Å². The van der Waals surface area contributed by atoms with E-state index < -0.39 is 0 Å². The Hall–Kier alpha value is -4.83. The lowest BCUT2D eigenvalue weighted by atomic mass is 9.92. The third-order valence-electron chi connectivity index (χ3n) is 6.99. The number of hydrogen-bond acceptors (Lipinski definition) is 6. The Kier molecular flexibility index (Phi) is 7.07. The van der Waals surface area contributed by atoms with Crippen molar-refractivity contribution >= 4 is 38.4 Å². The van der Waals surface area contributed by atoms with Crippen LogP contribution in [0.1, 0.15) is 44.6 Å². The van der Waals surface area contributed by atoms with Gasteiger partial charge in [-0.3, -0.25) is 9.72 Å². The molecule has 6 rings (SSSR count). The summed E-state index contributed by atoms with van der Waals surface area (Å²) in [5, 5.41) is 20.3. The van der Waals surface area contributed by atoms with Crippen LogP contribution < -0.4 is 15.4 Å². The van der Waals surface area contributed by atoms with Crippen molar-refractivity contribution in [3.05, 3.63) is 95.9 Å². The summed E-state index contributed by atoms with van der Waals surface area (Å²) in [6.07, 6.45) is 2.81. The van der Waals surface area contributed by atoms with E-state index in [4.69, 9.17) is 9.84 Å². The number of carbonyl (C=O) groups is 1. The maximum Gasteiger partial charge on any atom is 0.320 e. The maximum absolute atomic E-state index is 13.1. The molecule has 214 valence electrons. The fourth-order valence-electron chi connectivity index (χ4n) is 4.71. The Morgan fingerprint density at radius 2 is 1.83 bits per heavy atom. The third kappa shape index (κ3) is 5.40. The molecule has 9 nitrogen and oxygen atoms in total. The van der Waals surface area contributed by atoms with E-state index in [0.717, 1.165) is 44.2 Å². The smallest absolute Gasteiger partial charge is 0.320 e. The molecule has 3 aromatic heterocycles. The van der Waals surface area contributed by atoms with Gasteiger partial charge in [0.1, 0.15) is 23.1 Å². The van der Waals surface area contributed by atoms with Gasteiger partial charge in [0.25, 0.3) is 0 Å². The van der Waals surface area contributed by atoms with Crippen LogP contribution in [0.5, 0.6) is 17.2 Å². The standard InChI is InChI=1S/C32H32N6O3S/c1-5-21-19-34-31-37(21)25-16-24(14-15-27(25)42-31)41-26-9-7-6-8-20(26)18-33-30(40)35-29-17-28(32(2,3)4)36-38(29)22-10-12-23(39)13-11-22/h6-17,19,39H,5,18H2,1-4H3,(H2,33,35,40). The molecule has 0 saturated heterocycles. The number of nitrogens with zero attached hydrogens (tertiary/aromatic N) is 4. The second-order valence-corrected chi connectivity index (χ2v) is 12.1. The van der Waals surface area contributed by atoms with Crippen LogP contribution in [0.4, 0.5) is 10.6 Å². The zero-order valence-electron chi connectivity index (χ0n) is 23.9. The maximum atomic E-state index is 13.1. The molecule has 3 N–H and O–H groups in total. The molecule has 3 heterocycles. The summed E-state index contributed by atoms with van der Waals surface area (Å²) in [4.78, 5) is 18.6. The SMILES string of the molecule is CCc1cnc2sc3ccc(Oc4ccccc4CNC(=O)Nc4cc(C(C)(C)C)nn4-c4ccc(O)cc4)cc3n12. The molecule has 0 bridgehead atoms. The van der Waals surface area contributed by atoms with Crippen molar-refractivity contribution in [3.8, 4) is 22.9 Å². The molecule has 0 saturated carbocycles. The molecule has 0 aliphatic heterocycles. The van der Waals surface area contributed by atoms with Crippen LogP contribution in [0, 0.1) is 0 Å². The molecule has 0 radical (unpaired) electrons. The van der Waals surface area contributed by atoms with E-state index in [1.54, 1.807) is 40.3 Å². The number of rotatable bonds is 7. The van der Waals surface area contributed by atoms with Gasteiger partial charge in [0.05, 0.1) is 27.8 Å². The summed E-state index contributed by atoms with van der Waals surface area (Å²) >= 11 is 1.66. The van der Waals surface area contributed by atoms with Crippen molar-refractivity contribution in [1.29, 1.82) is 0 Å². The van der Waals surface area contributed by atoms with Crippen LogP contribution in [-0.4, -0.2) is 30.3 Å². The summed E-state index contributed by atoms with van der Waals surface area (Å²) in [7, 11) is 0. The highest BCUT2D eigenvalue weighted by Crippen LogP contribution is 2.33. The first-order chi connectivity index (χ1) is 20.2. The molecule has 0 unspecified atom stereocenters. The molecule has 0 fully saturated rings. The molecule has 2 amide bonds. The topological polar surface area (TPSA) is 106 Å². The van der Waals surface area contributed by atoms with Crippen molar-refractivity contribution < 1.29 is 14.6 Å². The minimum atomic E-state index is -0.375. The number of nitrogens with one attached hydrogen (secondary N) is 2. The predicted molar refractivity (Wildman–Crippen MR) is 166 cm³/mol. The minimum absolute atomic E-state index is 0.158. The van der Waals surface area contributed by atoms with E-state index in [2.05, 4.69) is 53.8 Å². The van der Waals surface area contributed by atoms with E-state index >= 15 is 0 Å². The average molecular weight is 581 g/mol. The number of carbonyl (C=O) groups excluding carboxylic acids is 1. The van der Waals surface area contributed by atoms with Gasteiger partial charge in [-0.1, -0.05) is 57.2 Å². The molecular weight excluding hydrogens is 548 g/mol. The van der Waals surface area contributed by atoms with Gasteiger partial charge in [-0.05, 0) is 48.9 Å². The largest absolute Gasteiger partial charge is 0.508 e. The number of fused-ring (bicyclic) bond motifs is 3. The summed E-state index contributed by atoms with van der Waals surface area (Å²) in [6, 6.07) is 21.9. The fourth-order valence-corrected chi connectivity index (χ4v) is 5.71. The predicted octanol–water partition coefficient (Wildman–Crippen LogP) is 7.41. The monoisotopic (exact) mass is 580 g/mol. The second-order valence-electron chi connectivity index (χ2n) is 11.1. The van der Waals surface area contributed by atoms with Crippen LogP contribution in [0.3, 0.4) is 0 Å². The highest BCUT2D eigenvalue weighted by molar-refractivity contribution is 7.23. The molecule has 0 aliphatic carbocycles. The number of phenolic OH excluding ortho intramolecular Hbond substituents is 1. The van der Waals surface area contributed by atoms with Crippen molar-refractivity contribution in [2.75, 3.05) is 5.32 Å². The van der Waals surface area contributed by atoms with Gasteiger partial charge in [-0.25, -0.2) is 14.5 Å². The van der Waals surface area contributed by atoms with Gasteiger partial charge in [0.2, 0.25) is 0 Å². The van der Waals surface area contributed by atoms with Crippen molar-refractivity contribution in [2.24, 2.45) is 0 Å². The van der Waals surface area contributed by atoms with E-state index in [-0.39, 0.29) is 23.7 Å². The summed E-state index contributed by atoms with van der Waals surface area (Å²) < 4.78 is 11.3. The average Bonchev–Trinajstić information content (AvgIpc) is 3.67. The normalized spacial score (nSPS) is 11.7. The number of thiazole rings is 1. The molecule has 3 aromatic carbocycles. The number of aromatic hydroxyl groups is 1. The van der Waals surface area contributed by atoms with E-state index in [0.29, 0.717) is 17.3 Å². The molecule has 0 spiro atoms. The number of urea groups is 1. The number of hydrogen-bond donors (Lipinski definition) is 3. The van der Waals surface area contributed by atoms with Gasteiger partial charge >= 0.3 is 6.03 Å². The number of para-hydroxylation sites is 1. The first-order valence-electron chi connectivity index (χ1n) is 13.8. The number of anilines is 1. The Morgan fingerprint density at radius 1 is 1.05 bits per heavy atom. The highest BCUT2D eigenvalue weighted by Gasteiger charge is 2.22. The third-order valence-corrected chi connectivity index (χ3v) is 8.03. The number of ether oxygens (including phenoxy) is 1. The first kappa shape index (κ1) is 27.3. The minimum Gasteiger partial charge on any atom is -0.508 e. The van der Waals surface area contributed by atoms with E-state index in [1.165, 1.54) is 0 Å². The van der Waals surface area contributed by atoms with Crippen LogP contribution >= 0.6 is 11.3 Å². The van der Waals surface area contributed by atoms with Gasteiger partial charge in [0, 0.05) is 35.3 Å². The number of aromatic nitrogens is 4. The Balaban J connectivity index is 1.20. The second kappa shape index (κ2) is 10.9. The zero-order valence-corrected chi connectivity index (χ0v) is 24.7. The molecule has 0 aliphatic rings. The lowest BCUT2D eigenvalue weighted by molar-refractivity contribution is 0.251. The van der Waals surface area contributed by atoms with Crippen LogP contribution in [-0.2, 0) is 18.4 Å². The highest BCUT2D eigenvalue weighted by atomic mass is 32.1. The van der Waals surface area contributed by atoms with Gasteiger partial charge in [-0.2, -0.15) is 5.10 Å². The van der Waals surface area contributed by atoms with Crippen LogP contribution in [0.2, 0.25) is 0 Å². The zero-order chi connectivity index (χ0) is 29.4. The molecule has 42 heavy (non-hydrogen) atoms. The van der Waals surface area contributed by atoms with Crippen LogP contribution in [0.15, 0.2) is 79.0 Å². The van der Waals surface area contributed by atoms with E-state index in [9.17, 15) is 9.90 Å². The summed E-state index contributed by atoms with van der Waals surface area (Å²) in [5.74, 6) is 2.05. The Morgan fingerprint density at radius 3 is 2.60 bits per heavy atom. The molecule has 0 atom stereocenters. The summed E-state index contributed by atoms with van der Waals surface area (Å²) in [5.41, 5.74) is 4.38. The van der Waals surface area contributed by atoms with Crippen LogP contribution in [0.25, 0.3) is 20.9 Å². The molecule has 10 heteroatoms. The summed E-state index contributed by atoms with van der Waals surface area (Å²) in [6.45, 7) is 8.57. The number of aryl methyl sites for hydroxylation is 1. The van der Waals surface area contributed by atoms with Gasteiger partial charge in [0.15, 0.2) is 4.96 Å². The fraction of sp³-hybridized carbons (Fsp3) is 0.219. The number of benzene rings is 3. The number of phenols is 1. The van der Waals surface area contributed by atoms with Crippen molar-refractivity contribution in [1.82, 2.24) is 24.5 Å². The lowest BCUT2D eigenvalue weighted by Crippen LogP contribution is -2.29. The quantitative estimate of drug-likeness (QED) is 0.182. The Labute approximate surface area is 247 Å². The molecular formula is C32H32N6O3S. The Bertz CT molecular complexity index is 1900. The van der Waals surface area contributed by atoms with Crippen molar-refractivity contribution in [2.45, 2.75) is 46.1 Å².